The summed E-state index contributed by atoms with van der Waals surface area (Å²) in [5.41, 5.74) is 1.22. The number of pyridine rings is 1. The number of imide groups is 1. The molecule has 2 aromatic heterocycles. The first-order valence-corrected chi connectivity index (χ1v) is 18.8. The Bertz CT molecular complexity index is 1640. The Kier molecular flexibility index (Phi) is 9.54. The van der Waals surface area contributed by atoms with Crippen LogP contribution in [0.4, 0.5) is 15.3 Å². The summed E-state index contributed by atoms with van der Waals surface area (Å²) in [6.07, 6.45) is 11.5. The van der Waals surface area contributed by atoms with E-state index < -0.39 is 37.7 Å². The fourth-order valence-electron chi connectivity index (χ4n) is 7.15. The molecule has 2 saturated carbocycles. The molecule has 2 aliphatic carbocycles. The van der Waals surface area contributed by atoms with Gasteiger partial charge in [0.25, 0.3) is 0 Å². The van der Waals surface area contributed by atoms with Crippen molar-refractivity contribution in [3.8, 4) is 0 Å². The summed E-state index contributed by atoms with van der Waals surface area (Å²) in [5.74, 6) is 0.0274. The highest BCUT2D eigenvalue weighted by atomic mass is 31.2. The van der Waals surface area contributed by atoms with E-state index in [1.807, 2.05) is 6.07 Å². The normalized spacial score (nSPS) is 20.7. The van der Waals surface area contributed by atoms with Crippen LogP contribution in [-0.4, -0.2) is 81.6 Å². The number of carbonyl (C=O) groups is 3. The number of ether oxygens (including phenoxy) is 1. The van der Waals surface area contributed by atoms with E-state index in [1.165, 1.54) is 10.5 Å². The first kappa shape index (κ1) is 35.6. The number of likely N-dealkylation sites (tertiary alicyclic amines) is 1. The fraction of sp³-hybridized carbons (Fsp3) is 0.657. The minimum atomic E-state index is -4.15. The average molecular weight is 700 g/mol. The molecular weight excluding hydrogens is 649 g/mol. The van der Waals surface area contributed by atoms with Crippen molar-refractivity contribution in [2.24, 2.45) is 5.41 Å². The molecule has 0 atom stereocenters. The van der Waals surface area contributed by atoms with Gasteiger partial charge in [-0.1, -0.05) is 12.7 Å². The van der Waals surface area contributed by atoms with Crippen LogP contribution in [0.5, 0.6) is 0 Å². The lowest BCUT2D eigenvalue weighted by Gasteiger charge is -2.52. The lowest BCUT2D eigenvalue weighted by atomic mass is 9.60. The zero-order valence-electron chi connectivity index (χ0n) is 29.6. The molecule has 13 nitrogen and oxygen atoms in total. The highest BCUT2D eigenvalue weighted by molar-refractivity contribution is 7.48. The van der Waals surface area contributed by atoms with Crippen LogP contribution >= 0.6 is 7.82 Å². The van der Waals surface area contributed by atoms with Crippen LogP contribution in [0.2, 0.25) is 0 Å². The minimum absolute atomic E-state index is 0.0712. The summed E-state index contributed by atoms with van der Waals surface area (Å²) in [7, 11) is -4.15. The maximum atomic E-state index is 13.8. The number of hydrogen-bond acceptors (Lipinski definition) is 9. The van der Waals surface area contributed by atoms with E-state index in [2.05, 4.69) is 17.3 Å². The Morgan fingerprint density at radius 1 is 1.06 bits per heavy atom. The predicted octanol–water partition coefficient (Wildman–Crippen LogP) is 7.52. The highest BCUT2D eigenvalue weighted by Gasteiger charge is 2.48. The van der Waals surface area contributed by atoms with Crippen LogP contribution in [0, 0.1) is 5.41 Å². The summed E-state index contributed by atoms with van der Waals surface area (Å²) < 4.78 is 38.1. The van der Waals surface area contributed by atoms with Crippen LogP contribution < -0.4 is 4.90 Å². The van der Waals surface area contributed by atoms with Crippen molar-refractivity contribution in [2.75, 3.05) is 37.9 Å². The topological polar surface area (TPSA) is 133 Å². The minimum Gasteiger partial charge on any atom is -0.445 e. The maximum absolute atomic E-state index is 13.8. The molecule has 0 unspecified atom stereocenters. The van der Waals surface area contributed by atoms with Crippen molar-refractivity contribution < 1.29 is 37.3 Å². The Labute approximate surface area is 288 Å². The van der Waals surface area contributed by atoms with Crippen LogP contribution in [0.25, 0.3) is 11.0 Å². The molecule has 1 spiro atoms. The first-order chi connectivity index (χ1) is 23.0. The van der Waals surface area contributed by atoms with Gasteiger partial charge in [0.05, 0.1) is 23.1 Å². The number of anilines is 1. The smallest absolute Gasteiger partial charge is 0.445 e. The van der Waals surface area contributed by atoms with Crippen LogP contribution in [0.15, 0.2) is 31.1 Å². The zero-order chi connectivity index (χ0) is 35.4. The van der Waals surface area contributed by atoms with E-state index in [9.17, 15) is 18.9 Å². The number of amides is 4. The predicted molar refractivity (Wildman–Crippen MR) is 184 cm³/mol. The molecule has 4 fully saturated rings. The van der Waals surface area contributed by atoms with Gasteiger partial charge < -0.3 is 14.2 Å². The Morgan fingerprint density at radius 2 is 1.71 bits per heavy atom. The first-order valence-electron chi connectivity index (χ1n) is 17.3. The van der Waals surface area contributed by atoms with Crippen LogP contribution in [0.1, 0.15) is 104 Å². The molecule has 0 aromatic carbocycles. The second kappa shape index (κ2) is 13.1. The third-order valence-electron chi connectivity index (χ3n) is 9.58. The zero-order valence-corrected chi connectivity index (χ0v) is 30.5. The quantitative estimate of drug-likeness (QED) is 0.182. The molecule has 49 heavy (non-hydrogen) atoms. The molecule has 2 saturated heterocycles. The van der Waals surface area contributed by atoms with Crippen molar-refractivity contribution >= 4 is 42.6 Å². The third-order valence-corrected chi connectivity index (χ3v) is 11.6. The summed E-state index contributed by atoms with van der Waals surface area (Å²) in [5, 5.41) is 1.02. The van der Waals surface area contributed by atoms with Crippen molar-refractivity contribution in [1.82, 2.24) is 19.4 Å². The number of aromatic nitrogens is 2. The SMILES string of the molecule is C=CCOC(=O)N1CCC2(CC1)CC(n1cc(C3CC3)c3cc(N4CCC(=O)N(COP(=O)(OC(C)(C)C)OC(C)(C)C)C4=O)cnc31)C2. The summed E-state index contributed by atoms with van der Waals surface area (Å²) in [4.78, 5) is 48.2. The molecule has 4 amide bonds. The monoisotopic (exact) mass is 699 g/mol. The number of fused-ring (bicyclic) bond motifs is 1. The third kappa shape index (κ3) is 7.90. The van der Waals surface area contributed by atoms with Gasteiger partial charge in [0.2, 0.25) is 5.91 Å². The fourth-order valence-corrected chi connectivity index (χ4v) is 8.89. The summed E-state index contributed by atoms with van der Waals surface area (Å²) >= 11 is 0. The van der Waals surface area contributed by atoms with Gasteiger partial charge in [-0.25, -0.2) is 24.0 Å². The summed E-state index contributed by atoms with van der Waals surface area (Å²) in [6, 6.07) is 1.75. The number of phosphoric acid groups is 1. The molecule has 0 radical (unpaired) electrons. The van der Waals surface area contributed by atoms with Crippen molar-refractivity contribution in [3.05, 3.63) is 36.7 Å². The van der Waals surface area contributed by atoms with E-state index in [1.54, 1.807) is 58.7 Å². The number of carbonyl (C=O) groups excluding carboxylic acids is 3. The number of piperidine rings is 1. The van der Waals surface area contributed by atoms with Gasteiger partial charge in [0.1, 0.15) is 19.0 Å². The molecular formula is C35H50N5O8P. The van der Waals surface area contributed by atoms with E-state index in [4.69, 9.17) is 23.3 Å². The lowest BCUT2D eigenvalue weighted by Crippen LogP contribution is -2.53. The van der Waals surface area contributed by atoms with Crippen LogP contribution in [-0.2, 0) is 27.7 Å². The molecule has 6 rings (SSSR count). The van der Waals surface area contributed by atoms with Gasteiger partial charge in [0, 0.05) is 43.7 Å². The van der Waals surface area contributed by atoms with E-state index in [0.29, 0.717) is 30.7 Å². The maximum Gasteiger partial charge on any atom is 0.477 e. The summed E-state index contributed by atoms with van der Waals surface area (Å²) in [6.45, 7) is 15.2. The van der Waals surface area contributed by atoms with Crippen molar-refractivity contribution in [1.29, 1.82) is 0 Å². The number of nitrogens with zero attached hydrogens (tertiary/aromatic N) is 5. The lowest BCUT2D eigenvalue weighted by molar-refractivity contribution is -0.131. The number of hydrogen-bond donors (Lipinski definition) is 0. The molecule has 0 bridgehead atoms. The molecule has 0 N–H and O–H groups in total. The van der Waals surface area contributed by atoms with Crippen LogP contribution in [0.3, 0.4) is 0 Å². The second-order valence-electron chi connectivity index (χ2n) is 15.9. The van der Waals surface area contributed by atoms with E-state index in [-0.39, 0.29) is 31.1 Å². The van der Waals surface area contributed by atoms with Gasteiger partial charge in [-0.2, -0.15) is 0 Å². The Morgan fingerprint density at radius 3 is 2.31 bits per heavy atom. The number of phosphoric ester groups is 1. The molecule has 2 aliphatic heterocycles. The van der Waals surface area contributed by atoms with Gasteiger partial charge in [-0.3, -0.25) is 23.3 Å². The van der Waals surface area contributed by atoms with Crippen molar-refractivity contribution in [2.45, 2.75) is 110 Å². The van der Waals surface area contributed by atoms with Gasteiger partial charge in [-0.15, -0.1) is 0 Å². The second-order valence-corrected chi connectivity index (χ2v) is 17.4. The molecule has 268 valence electrons. The van der Waals surface area contributed by atoms with Crippen molar-refractivity contribution in [3.63, 3.8) is 0 Å². The van der Waals surface area contributed by atoms with Gasteiger partial charge in [0.15, 0.2) is 0 Å². The average Bonchev–Trinajstić information content (AvgIpc) is 3.77. The molecule has 4 aliphatic rings. The van der Waals surface area contributed by atoms with E-state index >= 15 is 0 Å². The molecule has 4 heterocycles. The Hall–Kier alpha value is -3.25. The largest absolute Gasteiger partial charge is 0.477 e. The Balaban J connectivity index is 1.16. The van der Waals surface area contributed by atoms with Gasteiger partial charge >= 0.3 is 19.9 Å². The molecule has 2 aromatic rings. The van der Waals surface area contributed by atoms with Gasteiger partial charge in [-0.05, 0) is 103 Å². The van der Waals surface area contributed by atoms with E-state index in [0.717, 1.165) is 54.5 Å². The highest BCUT2D eigenvalue weighted by Crippen LogP contribution is 2.57. The number of urea groups is 1. The molecule has 14 heteroatoms. The number of rotatable bonds is 10. The standard InChI is InChI=1S/C35H50N5O8P/c1-8-17-45-32(43)37-15-12-35(13-16-37)19-26(20-35)39-22-28(24-9-10-24)27-18-25(21-36-30(27)39)38-14-11-29(41)40(31(38)42)23-46-49(44,47-33(2,3)4)48-34(5,6)7/h8,18,21-22,24,26H,1,9-17,19-20,23H2,2-7H3.